The molecule has 0 spiro atoms. The van der Waals surface area contributed by atoms with Gasteiger partial charge in [0, 0.05) is 12.0 Å². The molecule has 160 valence electrons. The van der Waals surface area contributed by atoms with Crippen LogP contribution in [-0.4, -0.2) is 31.6 Å². The molecule has 2 amide bonds. The number of ether oxygens (including phenoxy) is 3. The Morgan fingerprint density at radius 3 is 2.10 bits per heavy atom. The summed E-state index contributed by atoms with van der Waals surface area (Å²) in [6.45, 7) is 6.90. The number of carbonyl (C=O) groups is 2. The normalized spacial score (nSPS) is 22.2. The van der Waals surface area contributed by atoms with Crippen LogP contribution < -0.4 is 25.1 Å². The summed E-state index contributed by atoms with van der Waals surface area (Å²) in [6, 6.07) is 3.21. The third-order valence-corrected chi connectivity index (χ3v) is 5.82. The Balaban J connectivity index is 1.63. The number of fused-ring (bicyclic) bond motifs is 2. The summed E-state index contributed by atoms with van der Waals surface area (Å²) < 4.78 is 16.9. The van der Waals surface area contributed by atoms with Gasteiger partial charge in [0.1, 0.15) is 0 Å². The fourth-order valence-corrected chi connectivity index (χ4v) is 4.63. The van der Waals surface area contributed by atoms with Gasteiger partial charge in [-0.1, -0.05) is 6.42 Å². The fraction of sp³-hybridized carbons (Fsp3) is 0.636. The third-order valence-electron chi connectivity index (χ3n) is 5.82. The van der Waals surface area contributed by atoms with E-state index in [-0.39, 0.29) is 5.91 Å². The minimum absolute atomic E-state index is 0.142. The van der Waals surface area contributed by atoms with Crippen LogP contribution in [0.5, 0.6) is 17.2 Å². The molecule has 1 aromatic carbocycles. The maximum Gasteiger partial charge on any atom is 0.269 e. The van der Waals surface area contributed by atoms with Crippen LogP contribution in [-0.2, 0) is 4.79 Å². The largest absolute Gasteiger partial charge is 0.490 e. The molecule has 3 atom stereocenters. The zero-order valence-corrected chi connectivity index (χ0v) is 17.6. The molecule has 2 aliphatic carbocycles. The van der Waals surface area contributed by atoms with Crippen molar-refractivity contribution in [3.63, 3.8) is 0 Å². The summed E-state index contributed by atoms with van der Waals surface area (Å²) in [5.74, 6) is 2.73. The number of hydrogen-bond acceptors (Lipinski definition) is 5. The highest BCUT2D eigenvalue weighted by molar-refractivity contribution is 5.96. The van der Waals surface area contributed by atoms with Gasteiger partial charge in [0.05, 0.1) is 19.8 Å². The maximum atomic E-state index is 12.6. The van der Waals surface area contributed by atoms with Gasteiger partial charge in [-0.15, -0.1) is 0 Å². The Hall–Kier alpha value is -2.44. The number of rotatable bonds is 9. The van der Waals surface area contributed by atoms with Crippen molar-refractivity contribution in [3.05, 3.63) is 17.7 Å². The lowest BCUT2D eigenvalue weighted by Gasteiger charge is -2.21. The van der Waals surface area contributed by atoms with Crippen LogP contribution in [0.2, 0.25) is 0 Å². The number of hydrazine groups is 1. The zero-order valence-electron chi connectivity index (χ0n) is 17.6. The van der Waals surface area contributed by atoms with Crippen LogP contribution >= 0.6 is 0 Å². The summed E-state index contributed by atoms with van der Waals surface area (Å²) in [5.41, 5.74) is 5.41. The predicted molar refractivity (Wildman–Crippen MR) is 109 cm³/mol. The quantitative estimate of drug-likeness (QED) is 0.616. The summed E-state index contributed by atoms with van der Waals surface area (Å²) in [5, 5.41) is 0. The minimum Gasteiger partial charge on any atom is -0.490 e. The topological polar surface area (TPSA) is 85.9 Å². The van der Waals surface area contributed by atoms with E-state index in [4.69, 9.17) is 14.2 Å². The van der Waals surface area contributed by atoms with Crippen molar-refractivity contribution in [2.24, 2.45) is 17.8 Å². The second-order valence-corrected chi connectivity index (χ2v) is 7.74. The first-order valence-corrected chi connectivity index (χ1v) is 10.7. The average Bonchev–Trinajstić information content (AvgIpc) is 3.32. The van der Waals surface area contributed by atoms with E-state index in [1.54, 1.807) is 12.1 Å². The van der Waals surface area contributed by atoms with Crippen molar-refractivity contribution in [1.82, 2.24) is 10.9 Å². The molecule has 2 saturated carbocycles. The molecule has 0 saturated heterocycles. The fourth-order valence-electron chi connectivity index (χ4n) is 4.63. The van der Waals surface area contributed by atoms with E-state index < -0.39 is 5.91 Å². The van der Waals surface area contributed by atoms with Gasteiger partial charge >= 0.3 is 0 Å². The van der Waals surface area contributed by atoms with Crippen molar-refractivity contribution in [1.29, 1.82) is 0 Å². The standard InChI is InChI=1S/C22H32N2O5/c1-4-27-18-11-17(12-19(28-5-2)21(18)29-6-3)22(26)24-23-20(25)13-16-10-14-7-8-15(16)9-14/h11-12,14-16H,4-10,13H2,1-3H3,(H,23,25)(H,24,26)/t14-,15-,16+/m1/s1. The lowest BCUT2D eigenvalue weighted by Crippen LogP contribution is -2.42. The van der Waals surface area contributed by atoms with E-state index in [1.807, 2.05) is 20.8 Å². The van der Waals surface area contributed by atoms with E-state index in [1.165, 1.54) is 19.3 Å². The lowest BCUT2D eigenvalue weighted by molar-refractivity contribution is -0.123. The first-order valence-electron chi connectivity index (χ1n) is 10.7. The monoisotopic (exact) mass is 404 g/mol. The van der Waals surface area contributed by atoms with Crippen LogP contribution in [0.4, 0.5) is 0 Å². The smallest absolute Gasteiger partial charge is 0.269 e. The highest BCUT2D eigenvalue weighted by Gasteiger charge is 2.40. The SMILES string of the molecule is CCOc1cc(C(=O)NNC(=O)C[C@@H]2C[C@@H]3CC[C@@H]2C3)cc(OCC)c1OCC. The molecule has 2 bridgehead atoms. The number of amides is 2. The number of nitrogens with one attached hydrogen (secondary N) is 2. The molecule has 2 N–H and O–H groups in total. The third kappa shape index (κ3) is 5.14. The molecule has 3 rings (SSSR count). The van der Waals surface area contributed by atoms with Crippen molar-refractivity contribution >= 4 is 11.8 Å². The van der Waals surface area contributed by atoms with Crippen molar-refractivity contribution in [2.75, 3.05) is 19.8 Å². The van der Waals surface area contributed by atoms with Crippen LogP contribution in [0, 0.1) is 17.8 Å². The van der Waals surface area contributed by atoms with Crippen LogP contribution in [0.1, 0.15) is 63.2 Å². The van der Waals surface area contributed by atoms with Gasteiger partial charge in [-0.25, -0.2) is 0 Å². The molecular formula is C22H32N2O5. The van der Waals surface area contributed by atoms with E-state index in [9.17, 15) is 9.59 Å². The number of hydrogen-bond donors (Lipinski definition) is 2. The van der Waals surface area contributed by atoms with Gasteiger partial charge in [-0.3, -0.25) is 20.4 Å². The Morgan fingerprint density at radius 2 is 1.59 bits per heavy atom. The summed E-state index contributed by atoms with van der Waals surface area (Å²) in [7, 11) is 0. The van der Waals surface area contributed by atoms with E-state index >= 15 is 0 Å². The van der Waals surface area contributed by atoms with Crippen LogP contribution in [0.15, 0.2) is 12.1 Å². The van der Waals surface area contributed by atoms with Gasteiger partial charge < -0.3 is 14.2 Å². The maximum absolute atomic E-state index is 12.6. The Morgan fingerprint density at radius 1 is 0.931 bits per heavy atom. The average molecular weight is 405 g/mol. The Bertz CT molecular complexity index is 709. The summed E-state index contributed by atoms with van der Waals surface area (Å²) in [6.07, 6.45) is 5.42. The zero-order chi connectivity index (χ0) is 20.8. The first kappa shape index (κ1) is 21.3. The molecular weight excluding hydrogens is 372 g/mol. The number of benzene rings is 1. The second-order valence-electron chi connectivity index (χ2n) is 7.74. The molecule has 0 radical (unpaired) electrons. The van der Waals surface area contributed by atoms with Gasteiger partial charge in [0.25, 0.3) is 5.91 Å². The molecule has 2 aliphatic rings. The first-order chi connectivity index (χ1) is 14.0. The summed E-state index contributed by atoms with van der Waals surface area (Å²) in [4.78, 5) is 24.9. The van der Waals surface area contributed by atoms with Crippen molar-refractivity contribution < 1.29 is 23.8 Å². The second kappa shape index (κ2) is 9.85. The van der Waals surface area contributed by atoms with E-state index in [0.29, 0.717) is 60.9 Å². The molecule has 29 heavy (non-hydrogen) atoms. The highest BCUT2D eigenvalue weighted by atomic mass is 16.5. The number of carbonyl (C=O) groups excluding carboxylic acids is 2. The van der Waals surface area contributed by atoms with E-state index in [0.717, 1.165) is 12.3 Å². The van der Waals surface area contributed by atoms with E-state index in [2.05, 4.69) is 10.9 Å². The molecule has 0 heterocycles. The Kier molecular flexibility index (Phi) is 7.23. The lowest BCUT2D eigenvalue weighted by atomic mass is 9.86. The molecule has 0 aliphatic heterocycles. The minimum atomic E-state index is -0.420. The van der Waals surface area contributed by atoms with Crippen molar-refractivity contribution in [2.45, 2.75) is 52.9 Å². The molecule has 1 aromatic rings. The molecule has 7 heteroatoms. The predicted octanol–water partition coefficient (Wildman–Crippen LogP) is 3.47. The summed E-state index contributed by atoms with van der Waals surface area (Å²) >= 11 is 0. The van der Waals surface area contributed by atoms with Crippen molar-refractivity contribution in [3.8, 4) is 17.2 Å². The van der Waals surface area contributed by atoms with Gasteiger partial charge in [-0.2, -0.15) is 0 Å². The highest BCUT2D eigenvalue weighted by Crippen LogP contribution is 2.49. The van der Waals surface area contributed by atoms with Gasteiger partial charge in [0.15, 0.2) is 11.5 Å². The molecule has 7 nitrogen and oxygen atoms in total. The van der Waals surface area contributed by atoms with Gasteiger partial charge in [-0.05, 0) is 69.9 Å². The van der Waals surface area contributed by atoms with Crippen LogP contribution in [0.3, 0.4) is 0 Å². The molecule has 0 aromatic heterocycles. The Labute approximate surface area is 172 Å². The van der Waals surface area contributed by atoms with Crippen LogP contribution in [0.25, 0.3) is 0 Å². The van der Waals surface area contributed by atoms with Gasteiger partial charge in [0.2, 0.25) is 11.7 Å². The molecule has 0 unspecified atom stereocenters. The molecule has 2 fully saturated rings.